The van der Waals surface area contributed by atoms with Gasteiger partial charge in [-0.15, -0.1) is 0 Å². The third kappa shape index (κ3) is 6.73. The molecule has 3 aromatic rings. The molecule has 33 heavy (non-hydrogen) atoms. The van der Waals surface area contributed by atoms with Gasteiger partial charge in [0.05, 0.1) is 4.90 Å². The molecule has 174 valence electrons. The number of amides is 1. The number of carbonyl (C=O) groups is 1. The Morgan fingerprint density at radius 3 is 1.97 bits per heavy atom. The Labute approximate surface area is 200 Å². The van der Waals surface area contributed by atoms with Crippen LogP contribution in [0.25, 0.3) is 0 Å². The molecule has 0 spiro atoms. The van der Waals surface area contributed by atoms with Crippen molar-refractivity contribution in [2.24, 2.45) is 0 Å². The van der Waals surface area contributed by atoms with Crippen LogP contribution in [0.1, 0.15) is 33.3 Å². The van der Waals surface area contributed by atoms with Crippen LogP contribution >= 0.6 is 11.6 Å². The van der Waals surface area contributed by atoms with Gasteiger partial charge in [0, 0.05) is 16.4 Å². The predicted octanol–water partition coefficient (Wildman–Crippen LogP) is 5.84. The zero-order chi connectivity index (χ0) is 24.2. The van der Waals surface area contributed by atoms with E-state index in [0.717, 1.165) is 0 Å². The predicted molar refractivity (Wildman–Crippen MR) is 133 cm³/mol. The minimum atomic E-state index is -3.77. The number of halogens is 1. The highest BCUT2D eigenvalue weighted by Gasteiger charge is 2.18. The Morgan fingerprint density at radius 1 is 0.879 bits per heavy atom. The van der Waals surface area contributed by atoms with Crippen LogP contribution in [-0.2, 0) is 20.2 Å². The van der Waals surface area contributed by atoms with E-state index in [-0.39, 0.29) is 16.2 Å². The van der Waals surface area contributed by atoms with E-state index in [2.05, 4.69) is 30.8 Å². The smallest absolute Gasteiger partial charge is 0.265 e. The summed E-state index contributed by atoms with van der Waals surface area (Å²) in [4.78, 5) is 12.6. The maximum atomic E-state index is 12.6. The molecule has 0 radical (unpaired) electrons. The van der Waals surface area contributed by atoms with Crippen molar-refractivity contribution in [1.29, 1.82) is 0 Å². The first-order valence-corrected chi connectivity index (χ1v) is 12.3. The number of nitrogens with one attached hydrogen (secondary N) is 2. The quantitative estimate of drug-likeness (QED) is 0.439. The van der Waals surface area contributed by atoms with Crippen LogP contribution in [0.3, 0.4) is 0 Å². The molecule has 0 fully saturated rings. The third-order valence-corrected chi connectivity index (χ3v) is 6.58. The Hall–Kier alpha value is -3.03. The average molecular weight is 487 g/mol. The lowest BCUT2D eigenvalue weighted by Gasteiger charge is -2.20. The Bertz CT molecular complexity index is 1200. The van der Waals surface area contributed by atoms with Gasteiger partial charge in [0.2, 0.25) is 0 Å². The monoisotopic (exact) mass is 486 g/mol. The fourth-order valence-electron chi connectivity index (χ4n) is 2.98. The summed E-state index contributed by atoms with van der Waals surface area (Å²) in [5, 5.41) is 3.25. The van der Waals surface area contributed by atoms with Gasteiger partial charge < -0.3 is 10.1 Å². The van der Waals surface area contributed by atoms with Crippen LogP contribution in [0.2, 0.25) is 5.02 Å². The second kappa shape index (κ2) is 9.85. The molecule has 1 atom stereocenters. The number of benzene rings is 3. The van der Waals surface area contributed by atoms with Crippen molar-refractivity contribution in [2.45, 2.75) is 44.1 Å². The van der Waals surface area contributed by atoms with E-state index in [1.54, 1.807) is 31.2 Å². The van der Waals surface area contributed by atoms with E-state index in [1.165, 1.54) is 29.8 Å². The second-order valence-corrected chi connectivity index (χ2v) is 10.8. The molecule has 0 aliphatic rings. The van der Waals surface area contributed by atoms with Gasteiger partial charge in [0.15, 0.2) is 6.10 Å². The fraction of sp³-hybridized carbons (Fsp3) is 0.240. The van der Waals surface area contributed by atoms with Crippen LogP contribution in [0.4, 0.5) is 11.4 Å². The lowest BCUT2D eigenvalue weighted by molar-refractivity contribution is -0.122. The van der Waals surface area contributed by atoms with Crippen molar-refractivity contribution in [2.75, 3.05) is 10.0 Å². The Balaban J connectivity index is 1.60. The molecule has 0 aliphatic carbocycles. The van der Waals surface area contributed by atoms with Crippen molar-refractivity contribution < 1.29 is 17.9 Å². The highest BCUT2D eigenvalue weighted by atomic mass is 35.5. The minimum Gasteiger partial charge on any atom is -0.481 e. The van der Waals surface area contributed by atoms with Gasteiger partial charge in [-0.1, -0.05) is 44.5 Å². The van der Waals surface area contributed by atoms with Gasteiger partial charge >= 0.3 is 0 Å². The largest absolute Gasteiger partial charge is 0.481 e. The molecular weight excluding hydrogens is 460 g/mol. The van der Waals surface area contributed by atoms with E-state index >= 15 is 0 Å². The summed E-state index contributed by atoms with van der Waals surface area (Å²) < 4.78 is 33.4. The summed E-state index contributed by atoms with van der Waals surface area (Å²) in [6, 6.07) is 19.9. The summed E-state index contributed by atoms with van der Waals surface area (Å²) in [5.74, 6) is 0.255. The van der Waals surface area contributed by atoms with Crippen molar-refractivity contribution >= 4 is 38.9 Å². The van der Waals surface area contributed by atoms with E-state index in [9.17, 15) is 13.2 Å². The molecule has 1 amide bonds. The Kier molecular flexibility index (Phi) is 7.34. The molecule has 6 nitrogen and oxygen atoms in total. The van der Waals surface area contributed by atoms with Crippen LogP contribution in [-0.4, -0.2) is 20.4 Å². The summed E-state index contributed by atoms with van der Waals surface area (Å²) in [6.45, 7) is 8.04. The standard InChI is InChI=1S/C25H27ClN2O4S/c1-17(32-22-13-5-18(6-14-22)25(2,3)4)24(29)27-20-11-15-23(16-12-20)33(30,31)28-21-9-7-19(26)8-10-21/h5-17,28H,1-4H3,(H,27,29)/t17-/m0/s1. The molecule has 3 aromatic carbocycles. The molecule has 0 heterocycles. The molecule has 0 saturated heterocycles. The van der Waals surface area contributed by atoms with Crippen molar-refractivity contribution in [3.8, 4) is 5.75 Å². The van der Waals surface area contributed by atoms with Crippen LogP contribution in [0.15, 0.2) is 77.7 Å². The fourth-order valence-corrected chi connectivity index (χ4v) is 4.17. The number of ether oxygens (including phenoxy) is 1. The molecule has 3 rings (SSSR count). The van der Waals surface area contributed by atoms with Crippen LogP contribution in [0.5, 0.6) is 5.75 Å². The van der Waals surface area contributed by atoms with Gasteiger partial charge in [-0.25, -0.2) is 8.42 Å². The number of rotatable bonds is 7. The normalized spacial score (nSPS) is 12.6. The summed E-state index contributed by atoms with van der Waals surface area (Å²) in [6.07, 6.45) is -0.736. The summed E-state index contributed by atoms with van der Waals surface area (Å²) >= 11 is 5.83. The molecule has 0 bridgehead atoms. The van der Waals surface area contributed by atoms with Crippen LogP contribution in [0, 0.1) is 0 Å². The highest BCUT2D eigenvalue weighted by Crippen LogP contribution is 2.25. The lowest BCUT2D eigenvalue weighted by Crippen LogP contribution is -2.30. The van der Waals surface area contributed by atoms with Gasteiger partial charge in [-0.3, -0.25) is 9.52 Å². The molecule has 0 saturated carbocycles. The van der Waals surface area contributed by atoms with E-state index in [1.807, 2.05) is 24.3 Å². The minimum absolute atomic E-state index is 0.0332. The number of sulfonamides is 1. The number of anilines is 2. The lowest BCUT2D eigenvalue weighted by atomic mass is 9.87. The first kappa shape index (κ1) is 24.6. The van der Waals surface area contributed by atoms with Gasteiger partial charge in [0.25, 0.3) is 15.9 Å². The molecule has 0 aromatic heterocycles. The van der Waals surface area contributed by atoms with Gasteiger partial charge in [-0.05, 0) is 78.6 Å². The maximum absolute atomic E-state index is 12.6. The van der Waals surface area contributed by atoms with E-state index < -0.39 is 16.1 Å². The van der Waals surface area contributed by atoms with Crippen molar-refractivity contribution in [3.63, 3.8) is 0 Å². The molecule has 0 aliphatic heterocycles. The van der Waals surface area contributed by atoms with Crippen molar-refractivity contribution in [3.05, 3.63) is 83.4 Å². The number of hydrogen-bond donors (Lipinski definition) is 2. The SMILES string of the molecule is C[C@H](Oc1ccc(C(C)(C)C)cc1)C(=O)Nc1ccc(S(=O)(=O)Nc2ccc(Cl)cc2)cc1. The number of carbonyl (C=O) groups excluding carboxylic acids is 1. The first-order valence-electron chi connectivity index (χ1n) is 10.4. The number of hydrogen-bond acceptors (Lipinski definition) is 4. The zero-order valence-electron chi connectivity index (χ0n) is 18.9. The Morgan fingerprint density at radius 2 is 1.42 bits per heavy atom. The molecule has 2 N–H and O–H groups in total. The highest BCUT2D eigenvalue weighted by molar-refractivity contribution is 7.92. The third-order valence-electron chi connectivity index (χ3n) is 4.93. The van der Waals surface area contributed by atoms with Gasteiger partial charge in [-0.2, -0.15) is 0 Å². The van der Waals surface area contributed by atoms with E-state index in [0.29, 0.717) is 22.1 Å². The average Bonchev–Trinajstić information content (AvgIpc) is 2.75. The summed E-state index contributed by atoms with van der Waals surface area (Å²) in [7, 11) is -3.77. The van der Waals surface area contributed by atoms with Gasteiger partial charge in [0.1, 0.15) is 5.75 Å². The zero-order valence-corrected chi connectivity index (χ0v) is 20.5. The molecular formula is C25H27ClN2O4S. The molecule has 8 heteroatoms. The first-order chi connectivity index (χ1) is 15.4. The topological polar surface area (TPSA) is 84.5 Å². The van der Waals surface area contributed by atoms with Crippen molar-refractivity contribution in [1.82, 2.24) is 0 Å². The summed E-state index contributed by atoms with van der Waals surface area (Å²) in [5.41, 5.74) is 2.07. The van der Waals surface area contributed by atoms with E-state index in [4.69, 9.17) is 16.3 Å². The maximum Gasteiger partial charge on any atom is 0.265 e. The molecule has 0 unspecified atom stereocenters. The second-order valence-electron chi connectivity index (χ2n) is 8.66. The van der Waals surface area contributed by atoms with Crippen LogP contribution < -0.4 is 14.8 Å².